The van der Waals surface area contributed by atoms with Crippen molar-refractivity contribution in [3.8, 4) is 0 Å². The van der Waals surface area contributed by atoms with Gasteiger partial charge < -0.3 is 20.9 Å². The minimum Gasteiger partial charge on any atom is -0.478 e. The van der Waals surface area contributed by atoms with E-state index in [9.17, 15) is 9.59 Å². The first-order valence-corrected chi connectivity index (χ1v) is 5.83. The van der Waals surface area contributed by atoms with E-state index in [1.165, 1.54) is 13.2 Å². The third kappa shape index (κ3) is 3.80. The number of nitrogens with one attached hydrogen (secondary N) is 1. The van der Waals surface area contributed by atoms with Crippen LogP contribution >= 0.6 is 15.9 Å². The van der Waals surface area contributed by atoms with Crippen LogP contribution in [0.1, 0.15) is 10.4 Å². The van der Waals surface area contributed by atoms with Gasteiger partial charge in [-0.3, -0.25) is 4.79 Å². The van der Waals surface area contributed by atoms with Gasteiger partial charge in [0.2, 0.25) is 5.91 Å². The predicted octanol–water partition coefficient (Wildman–Crippen LogP) is 1.06. The highest BCUT2D eigenvalue weighted by Crippen LogP contribution is 2.21. The standard InChI is InChI=1S/C11H13BrN2O4/c1-18-5-9(13)10(15)14-6-2-3-8(12)7(4-6)11(16)17/h2-4,9H,5,13H2,1H3,(H,14,15)(H,16,17). The summed E-state index contributed by atoms with van der Waals surface area (Å²) >= 11 is 3.11. The summed E-state index contributed by atoms with van der Waals surface area (Å²) < 4.78 is 5.20. The fourth-order valence-corrected chi connectivity index (χ4v) is 1.67. The molecule has 0 aromatic heterocycles. The lowest BCUT2D eigenvalue weighted by Gasteiger charge is -2.12. The lowest BCUT2D eigenvalue weighted by Crippen LogP contribution is -2.39. The molecule has 7 heteroatoms. The van der Waals surface area contributed by atoms with E-state index in [0.717, 1.165) is 0 Å². The number of carboxylic acid groups (broad SMARTS) is 1. The van der Waals surface area contributed by atoms with Gasteiger partial charge in [0.1, 0.15) is 6.04 Å². The van der Waals surface area contributed by atoms with E-state index in [1.807, 2.05) is 0 Å². The van der Waals surface area contributed by atoms with Crippen LogP contribution in [-0.2, 0) is 9.53 Å². The van der Waals surface area contributed by atoms with Crippen molar-refractivity contribution in [3.63, 3.8) is 0 Å². The van der Waals surface area contributed by atoms with E-state index in [-0.39, 0.29) is 12.2 Å². The smallest absolute Gasteiger partial charge is 0.336 e. The van der Waals surface area contributed by atoms with Gasteiger partial charge in [-0.05, 0) is 34.1 Å². The van der Waals surface area contributed by atoms with Crippen molar-refractivity contribution < 1.29 is 19.4 Å². The highest BCUT2D eigenvalue weighted by Gasteiger charge is 2.15. The van der Waals surface area contributed by atoms with Crippen LogP contribution in [0.2, 0.25) is 0 Å². The van der Waals surface area contributed by atoms with Crippen LogP contribution in [-0.4, -0.2) is 36.7 Å². The summed E-state index contributed by atoms with van der Waals surface area (Å²) in [5, 5.41) is 11.5. The molecule has 1 aromatic rings. The van der Waals surface area contributed by atoms with Gasteiger partial charge in [-0.15, -0.1) is 0 Å². The summed E-state index contributed by atoms with van der Waals surface area (Å²) in [5.41, 5.74) is 5.97. The Bertz CT molecular complexity index is 464. The maximum Gasteiger partial charge on any atom is 0.336 e. The number of carbonyl (C=O) groups is 2. The Morgan fingerprint density at radius 2 is 2.22 bits per heavy atom. The zero-order chi connectivity index (χ0) is 13.7. The van der Waals surface area contributed by atoms with Gasteiger partial charge in [0.05, 0.1) is 12.2 Å². The topological polar surface area (TPSA) is 102 Å². The van der Waals surface area contributed by atoms with Gasteiger partial charge in [-0.2, -0.15) is 0 Å². The molecule has 98 valence electrons. The Labute approximate surface area is 112 Å². The SMILES string of the molecule is COCC(N)C(=O)Nc1ccc(Br)c(C(=O)O)c1. The molecular formula is C11H13BrN2O4. The zero-order valence-electron chi connectivity index (χ0n) is 9.64. The highest BCUT2D eigenvalue weighted by atomic mass is 79.9. The van der Waals surface area contributed by atoms with E-state index in [1.54, 1.807) is 12.1 Å². The Morgan fingerprint density at radius 3 is 2.78 bits per heavy atom. The Hall–Kier alpha value is -1.44. The van der Waals surface area contributed by atoms with Crippen LogP contribution in [0.15, 0.2) is 22.7 Å². The van der Waals surface area contributed by atoms with Gasteiger partial charge >= 0.3 is 5.97 Å². The van der Waals surface area contributed by atoms with Gasteiger partial charge in [0.25, 0.3) is 0 Å². The molecular weight excluding hydrogens is 304 g/mol. The van der Waals surface area contributed by atoms with E-state index in [2.05, 4.69) is 21.2 Å². The van der Waals surface area contributed by atoms with Crippen molar-refractivity contribution in [3.05, 3.63) is 28.2 Å². The van der Waals surface area contributed by atoms with Crippen molar-refractivity contribution in [2.75, 3.05) is 19.0 Å². The monoisotopic (exact) mass is 316 g/mol. The average molecular weight is 317 g/mol. The molecule has 1 rings (SSSR count). The van der Waals surface area contributed by atoms with Gasteiger partial charge in [0.15, 0.2) is 0 Å². The molecule has 1 unspecified atom stereocenters. The van der Waals surface area contributed by atoms with Crippen molar-refractivity contribution in [2.24, 2.45) is 5.73 Å². The van der Waals surface area contributed by atoms with Crippen molar-refractivity contribution in [1.82, 2.24) is 0 Å². The summed E-state index contributed by atoms with van der Waals surface area (Å²) in [6.45, 7) is 0.0914. The number of carbonyl (C=O) groups excluding carboxylic acids is 1. The molecule has 0 spiro atoms. The number of halogens is 1. The lowest BCUT2D eigenvalue weighted by atomic mass is 10.2. The van der Waals surface area contributed by atoms with E-state index in [4.69, 9.17) is 15.6 Å². The van der Waals surface area contributed by atoms with Crippen molar-refractivity contribution in [2.45, 2.75) is 6.04 Å². The molecule has 0 aliphatic carbocycles. The predicted molar refractivity (Wildman–Crippen MR) is 69.6 cm³/mol. The molecule has 18 heavy (non-hydrogen) atoms. The van der Waals surface area contributed by atoms with E-state index < -0.39 is 17.9 Å². The molecule has 0 saturated heterocycles. The number of benzene rings is 1. The fraction of sp³-hybridized carbons (Fsp3) is 0.273. The molecule has 0 radical (unpaired) electrons. The molecule has 0 aliphatic rings. The second-order valence-electron chi connectivity index (χ2n) is 3.55. The molecule has 1 atom stereocenters. The number of aromatic carboxylic acids is 1. The maximum atomic E-state index is 11.6. The van der Waals surface area contributed by atoms with E-state index >= 15 is 0 Å². The third-order valence-electron chi connectivity index (χ3n) is 2.15. The van der Waals surface area contributed by atoms with Crippen LogP contribution < -0.4 is 11.1 Å². The summed E-state index contributed by atoms with van der Waals surface area (Å²) in [4.78, 5) is 22.5. The fourth-order valence-electron chi connectivity index (χ4n) is 1.26. The summed E-state index contributed by atoms with van der Waals surface area (Å²) in [6, 6.07) is 3.67. The highest BCUT2D eigenvalue weighted by molar-refractivity contribution is 9.10. The van der Waals surface area contributed by atoms with Crippen LogP contribution in [0.4, 0.5) is 5.69 Å². The number of anilines is 1. The molecule has 0 saturated carbocycles. The molecule has 6 nitrogen and oxygen atoms in total. The Kier molecular flexibility index (Phi) is 5.26. The number of hydrogen-bond acceptors (Lipinski definition) is 4. The van der Waals surface area contributed by atoms with Crippen molar-refractivity contribution in [1.29, 1.82) is 0 Å². The lowest BCUT2D eigenvalue weighted by molar-refractivity contribution is -0.118. The quantitative estimate of drug-likeness (QED) is 0.754. The van der Waals surface area contributed by atoms with Gasteiger partial charge in [-0.1, -0.05) is 0 Å². The number of hydrogen-bond donors (Lipinski definition) is 3. The minimum atomic E-state index is -1.08. The number of amides is 1. The summed E-state index contributed by atoms with van der Waals surface area (Å²) in [7, 11) is 1.44. The first kappa shape index (κ1) is 14.6. The minimum absolute atomic E-state index is 0.0631. The third-order valence-corrected chi connectivity index (χ3v) is 2.84. The zero-order valence-corrected chi connectivity index (χ0v) is 11.2. The van der Waals surface area contributed by atoms with Crippen LogP contribution in [0, 0.1) is 0 Å². The normalized spacial score (nSPS) is 11.9. The number of carboxylic acids is 1. The van der Waals surface area contributed by atoms with Crippen molar-refractivity contribution >= 4 is 33.5 Å². The summed E-state index contributed by atoms with van der Waals surface area (Å²) in [5.74, 6) is -1.52. The molecule has 4 N–H and O–H groups in total. The van der Waals surface area contributed by atoms with Crippen LogP contribution in [0.5, 0.6) is 0 Å². The molecule has 0 bridgehead atoms. The first-order chi connectivity index (χ1) is 8.45. The molecule has 0 fully saturated rings. The van der Waals surface area contributed by atoms with Crippen LogP contribution in [0.25, 0.3) is 0 Å². The maximum absolute atomic E-state index is 11.6. The molecule has 1 aromatic carbocycles. The summed E-state index contributed by atoms with van der Waals surface area (Å²) in [6.07, 6.45) is 0. The Morgan fingerprint density at radius 1 is 1.56 bits per heavy atom. The van der Waals surface area contributed by atoms with Gasteiger partial charge in [-0.25, -0.2) is 4.79 Å². The van der Waals surface area contributed by atoms with Gasteiger partial charge in [0, 0.05) is 17.3 Å². The van der Waals surface area contributed by atoms with Crippen LogP contribution in [0.3, 0.4) is 0 Å². The number of ether oxygens (including phenoxy) is 1. The molecule has 0 aliphatic heterocycles. The number of rotatable bonds is 5. The second-order valence-corrected chi connectivity index (χ2v) is 4.41. The average Bonchev–Trinajstić information content (AvgIpc) is 2.31. The largest absolute Gasteiger partial charge is 0.478 e. The number of methoxy groups -OCH3 is 1. The molecule has 1 amide bonds. The first-order valence-electron chi connectivity index (χ1n) is 5.04. The van der Waals surface area contributed by atoms with E-state index in [0.29, 0.717) is 10.2 Å². The molecule has 0 heterocycles. The second kappa shape index (κ2) is 6.48. The number of nitrogens with two attached hydrogens (primary N) is 1. The Balaban J connectivity index is 2.82.